The van der Waals surface area contributed by atoms with Crippen molar-refractivity contribution in [2.75, 3.05) is 5.32 Å². The molecule has 0 aliphatic carbocycles. The molecule has 0 unspecified atom stereocenters. The normalized spacial score (nSPS) is 11.5. The zero-order chi connectivity index (χ0) is 15.6. The molecular weight excluding hydrogens is 290 g/mol. The molecule has 1 amide bonds. The Morgan fingerprint density at radius 3 is 2.67 bits per heavy atom. The van der Waals surface area contributed by atoms with E-state index in [-0.39, 0.29) is 5.56 Å². The lowest BCUT2D eigenvalue weighted by atomic mass is 10.1. The lowest BCUT2D eigenvalue weighted by Crippen LogP contribution is -2.15. The highest BCUT2D eigenvalue weighted by Crippen LogP contribution is 2.32. The van der Waals surface area contributed by atoms with Crippen molar-refractivity contribution < 1.29 is 22.4 Å². The average Bonchev–Trinajstić information content (AvgIpc) is 2.85. The van der Waals surface area contributed by atoms with Crippen molar-refractivity contribution in [1.82, 2.24) is 9.78 Å². The van der Waals surface area contributed by atoms with Crippen molar-refractivity contribution in [3.05, 3.63) is 47.5 Å². The largest absolute Gasteiger partial charge is 0.419 e. The molecule has 1 heterocycles. The lowest BCUT2D eigenvalue weighted by Gasteiger charge is -2.09. The summed E-state index contributed by atoms with van der Waals surface area (Å²) in [6, 6.07) is 2.09. The number of amides is 1. The fraction of sp³-hybridized carbons (Fsp3) is 0.231. The van der Waals surface area contributed by atoms with Crippen molar-refractivity contribution >= 4 is 11.6 Å². The second-order valence-corrected chi connectivity index (χ2v) is 4.23. The lowest BCUT2D eigenvalue weighted by molar-refractivity contribution is -0.140. The number of anilines is 1. The summed E-state index contributed by atoms with van der Waals surface area (Å²) in [5, 5.41) is 6.31. The predicted molar refractivity (Wildman–Crippen MR) is 67.3 cm³/mol. The van der Waals surface area contributed by atoms with E-state index in [1.807, 2.05) is 6.92 Å². The molecule has 0 bridgehead atoms. The number of nitrogens with one attached hydrogen (secondary N) is 1. The summed E-state index contributed by atoms with van der Waals surface area (Å²) in [7, 11) is 0. The van der Waals surface area contributed by atoms with Gasteiger partial charge in [0.25, 0.3) is 5.91 Å². The minimum absolute atomic E-state index is 0.284. The third-order valence-electron chi connectivity index (χ3n) is 2.75. The third-order valence-corrected chi connectivity index (χ3v) is 2.75. The molecule has 1 aromatic heterocycles. The maximum Gasteiger partial charge on any atom is 0.419 e. The molecule has 0 aliphatic heterocycles. The van der Waals surface area contributed by atoms with Gasteiger partial charge in [-0.2, -0.15) is 18.3 Å². The Morgan fingerprint density at radius 2 is 2.10 bits per heavy atom. The van der Waals surface area contributed by atoms with E-state index in [1.165, 1.54) is 12.4 Å². The van der Waals surface area contributed by atoms with Gasteiger partial charge in [-0.15, -0.1) is 0 Å². The quantitative estimate of drug-likeness (QED) is 0.884. The van der Waals surface area contributed by atoms with Crippen LogP contribution in [0.25, 0.3) is 0 Å². The topological polar surface area (TPSA) is 46.9 Å². The number of aromatic nitrogens is 2. The van der Waals surface area contributed by atoms with Crippen LogP contribution in [0.5, 0.6) is 0 Å². The first-order valence-electron chi connectivity index (χ1n) is 6.02. The number of benzene rings is 1. The van der Waals surface area contributed by atoms with E-state index in [1.54, 1.807) is 4.68 Å². The molecule has 1 aromatic carbocycles. The Morgan fingerprint density at radius 1 is 1.38 bits per heavy atom. The molecule has 0 saturated carbocycles. The predicted octanol–water partition coefficient (Wildman–Crippen LogP) is 3.31. The molecule has 0 radical (unpaired) electrons. The first-order chi connectivity index (χ1) is 9.81. The molecular formula is C13H11F4N3O. The van der Waals surface area contributed by atoms with Crippen molar-refractivity contribution in [2.45, 2.75) is 19.6 Å². The van der Waals surface area contributed by atoms with Crippen LogP contribution in [0.4, 0.5) is 23.2 Å². The standard InChI is InChI=1S/C13H11F4N3O/c1-2-20-7-9(6-18-20)19-12(21)8-3-4-11(14)10(5-8)13(15,16)17/h3-7H,2H2,1H3,(H,19,21). The van der Waals surface area contributed by atoms with E-state index in [0.29, 0.717) is 24.4 Å². The number of carbonyl (C=O) groups is 1. The Balaban J connectivity index is 2.23. The van der Waals surface area contributed by atoms with Gasteiger partial charge >= 0.3 is 6.18 Å². The fourth-order valence-corrected chi connectivity index (χ4v) is 1.69. The molecule has 0 fully saturated rings. The van der Waals surface area contributed by atoms with Crippen LogP contribution in [0.1, 0.15) is 22.8 Å². The van der Waals surface area contributed by atoms with E-state index >= 15 is 0 Å². The Hall–Kier alpha value is -2.38. The van der Waals surface area contributed by atoms with Gasteiger partial charge in [-0.05, 0) is 25.1 Å². The first kappa shape index (κ1) is 15.0. The summed E-state index contributed by atoms with van der Waals surface area (Å²) in [6.45, 7) is 2.43. The van der Waals surface area contributed by atoms with Crippen LogP contribution in [0.3, 0.4) is 0 Å². The van der Waals surface area contributed by atoms with Gasteiger partial charge < -0.3 is 5.32 Å². The van der Waals surface area contributed by atoms with Crippen molar-refractivity contribution in [2.24, 2.45) is 0 Å². The zero-order valence-electron chi connectivity index (χ0n) is 10.9. The highest BCUT2D eigenvalue weighted by atomic mass is 19.4. The highest BCUT2D eigenvalue weighted by molar-refractivity contribution is 6.04. The summed E-state index contributed by atoms with van der Waals surface area (Å²) in [6.07, 6.45) is -1.95. The van der Waals surface area contributed by atoms with Gasteiger partial charge in [-0.1, -0.05) is 0 Å². The maximum absolute atomic E-state index is 13.1. The molecule has 1 N–H and O–H groups in total. The van der Waals surface area contributed by atoms with Gasteiger partial charge in [-0.25, -0.2) is 4.39 Å². The van der Waals surface area contributed by atoms with Crippen LogP contribution in [-0.4, -0.2) is 15.7 Å². The van der Waals surface area contributed by atoms with Crippen LogP contribution < -0.4 is 5.32 Å². The highest BCUT2D eigenvalue weighted by Gasteiger charge is 2.34. The molecule has 0 atom stereocenters. The minimum atomic E-state index is -4.85. The molecule has 4 nitrogen and oxygen atoms in total. The number of nitrogens with zero attached hydrogens (tertiary/aromatic N) is 2. The van der Waals surface area contributed by atoms with Crippen molar-refractivity contribution in [3.8, 4) is 0 Å². The number of rotatable bonds is 3. The zero-order valence-corrected chi connectivity index (χ0v) is 10.9. The minimum Gasteiger partial charge on any atom is -0.319 e. The van der Waals surface area contributed by atoms with Gasteiger partial charge in [0.1, 0.15) is 5.82 Å². The summed E-state index contributed by atoms with van der Waals surface area (Å²) in [5.74, 6) is -2.19. The van der Waals surface area contributed by atoms with Gasteiger partial charge in [0.2, 0.25) is 0 Å². The molecule has 112 valence electrons. The fourth-order valence-electron chi connectivity index (χ4n) is 1.69. The number of hydrogen-bond donors (Lipinski definition) is 1. The van der Waals surface area contributed by atoms with E-state index in [2.05, 4.69) is 10.4 Å². The van der Waals surface area contributed by atoms with E-state index in [9.17, 15) is 22.4 Å². The molecule has 0 aliphatic rings. The molecule has 2 rings (SSSR count). The Bertz CT molecular complexity index is 664. The van der Waals surface area contributed by atoms with Crippen LogP contribution in [0.2, 0.25) is 0 Å². The SMILES string of the molecule is CCn1cc(NC(=O)c2ccc(F)c(C(F)(F)F)c2)cn1. The maximum atomic E-state index is 13.1. The number of aryl methyl sites for hydroxylation is 1. The summed E-state index contributed by atoms with van der Waals surface area (Å²) >= 11 is 0. The molecule has 0 spiro atoms. The van der Waals surface area contributed by atoms with Crippen LogP contribution in [-0.2, 0) is 12.7 Å². The number of alkyl halides is 3. The van der Waals surface area contributed by atoms with E-state index < -0.39 is 23.5 Å². The van der Waals surface area contributed by atoms with Crippen LogP contribution in [0.15, 0.2) is 30.6 Å². The van der Waals surface area contributed by atoms with E-state index in [4.69, 9.17) is 0 Å². The molecule has 2 aromatic rings. The second-order valence-electron chi connectivity index (χ2n) is 4.23. The van der Waals surface area contributed by atoms with Gasteiger partial charge in [0, 0.05) is 18.3 Å². The first-order valence-corrected chi connectivity index (χ1v) is 6.02. The summed E-state index contributed by atoms with van der Waals surface area (Å²) < 4.78 is 52.4. The summed E-state index contributed by atoms with van der Waals surface area (Å²) in [5.41, 5.74) is -1.41. The monoisotopic (exact) mass is 301 g/mol. The van der Waals surface area contributed by atoms with Gasteiger partial charge in [0.15, 0.2) is 0 Å². The second kappa shape index (κ2) is 5.55. The molecule has 0 saturated heterocycles. The Kier molecular flexibility index (Phi) is 3.97. The number of halogens is 4. The number of carbonyl (C=O) groups excluding carboxylic acids is 1. The van der Waals surface area contributed by atoms with Crippen molar-refractivity contribution in [3.63, 3.8) is 0 Å². The van der Waals surface area contributed by atoms with Gasteiger partial charge in [-0.3, -0.25) is 9.48 Å². The molecule has 8 heteroatoms. The van der Waals surface area contributed by atoms with Crippen LogP contribution >= 0.6 is 0 Å². The van der Waals surface area contributed by atoms with Crippen LogP contribution in [0, 0.1) is 5.82 Å². The molecule has 21 heavy (non-hydrogen) atoms. The van der Waals surface area contributed by atoms with Gasteiger partial charge in [0.05, 0.1) is 17.4 Å². The average molecular weight is 301 g/mol. The smallest absolute Gasteiger partial charge is 0.319 e. The number of hydrogen-bond acceptors (Lipinski definition) is 2. The summed E-state index contributed by atoms with van der Waals surface area (Å²) in [4.78, 5) is 11.9. The third kappa shape index (κ3) is 3.39. The van der Waals surface area contributed by atoms with E-state index in [0.717, 1.165) is 6.07 Å². The Labute approximate surface area is 117 Å². The van der Waals surface area contributed by atoms with Crippen molar-refractivity contribution in [1.29, 1.82) is 0 Å².